The molecule has 7 nitrogen and oxygen atoms in total. The average Bonchev–Trinajstić information content (AvgIpc) is 2.86. The molecular weight excluding hydrogens is 278 g/mol. The maximum Gasteiger partial charge on any atom is 0.200 e. The van der Waals surface area contributed by atoms with Crippen molar-refractivity contribution in [1.82, 2.24) is 30.2 Å². The molecule has 0 bridgehead atoms. The van der Waals surface area contributed by atoms with Gasteiger partial charge in [-0.3, -0.25) is 4.90 Å². The van der Waals surface area contributed by atoms with Crippen molar-refractivity contribution in [2.75, 3.05) is 31.1 Å². The van der Waals surface area contributed by atoms with Gasteiger partial charge in [-0.1, -0.05) is 12.8 Å². The van der Waals surface area contributed by atoms with E-state index < -0.39 is 0 Å². The highest BCUT2D eigenvalue weighted by Crippen LogP contribution is 2.23. The van der Waals surface area contributed by atoms with Gasteiger partial charge < -0.3 is 4.90 Å². The molecule has 1 atom stereocenters. The summed E-state index contributed by atoms with van der Waals surface area (Å²) in [7, 11) is 0. The summed E-state index contributed by atoms with van der Waals surface area (Å²) < 4.78 is 1.52. The van der Waals surface area contributed by atoms with E-state index in [2.05, 4.69) is 30.4 Å². The average molecular weight is 301 g/mol. The monoisotopic (exact) mass is 301 g/mol. The minimum absolute atomic E-state index is 0.665. The largest absolute Gasteiger partial charge is 0.354 e. The third-order valence-electron chi connectivity index (χ3n) is 4.93. The fourth-order valence-corrected chi connectivity index (χ4v) is 3.73. The van der Waals surface area contributed by atoms with Crippen molar-refractivity contribution in [1.29, 1.82) is 0 Å². The Labute approximate surface area is 130 Å². The molecule has 0 saturated carbocycles. The van der Waals surface area contributed by atoms with Crippen LogP contribution in [0.2, 0.25) is 0 Å². The molecule has 22 heavy (non-hydrogen) atoms. The molecule has 0 N–H and O–H groups in total. The van der Waals surface area contributed by atoms with Crippen molar-refractivity contribution < 1.29 is 0 Å². The van der Waals surface area contributed by atoms with Crippen LogP contribution in [0.15, 0.2) is 12.1 Å². The zero-order chi connectivity index (χ0) is 14.8. The normalized spacial score (nSPS) is 24.5. The molecule has 118 valence electrons. The van der Waals surface area contributed by atoms with Gasteiger partial charge in [0.05, 0.1) is 0 Å². The molecule has 2 aromatic rings. The van der Waals surface area contributed by atoms with Gasteiger partial charge in [0.25, 0.3) is 0 Å². The van der Waals surface area contributed by atoms with Crippen LogP contribution in [0.3, 0.4) is 0 Å². The van der Waals surface area contributed by atoms with E-state index in [1.165, 1.54) is 56.2 Å². The Balaban J connectivity index is 1.49. The number of fused-ring (bicyclic) bond motifs is 1. The molecule has 0 amide bonds. The van der Waals surface area contributed by atoms with E-state index in [0.29, 0.717) is 11.7 Å². The fraction of sp³-hybridized carbons (Fsp3) is 0.733. The second-order valence-electron chi connectivity index (χ2n) is 6.41. The van der Waals surface area contributed by atoms with Crippen LogP contribution in [0.25, 0.3) is 5.65 Å². The molecule has 0 radical (unpaired) electrons. The maximum absolute atomic E-state index is 4.54. The SMILES string of the molecule is c1cc2nnnn2nc1N1CCC[C@H](N2CCCCCC2)C1. The first kappa shape index (κ1) is 13.9. The van der Waals surface area contributed by atoms with Crippen LogP contribution in [0.4, 0.5) is 5.82 Å². The molecule has 0 aliphatic carbocycles. The Hall–Kier alpha value is -1.76. The summed E-state index contributed by atoms with van der Waals surface area (Å²) in [6.45, 7) is 4.67. The summed E-state index contributed by atoms with van der Waals surface area (Å²) in [5.74, 6) is 0.985. The van der Waals surface area contributed by atoms with Gasteiger partial charge in [0, 0.05) is 19.1 Å². The fourth-order valence-electron chi connectivity index (χ4n) is 3.73. The van der Waals surface area contributed by atoms with Crippen molar-refractivity contribution in [3.05, 3.63) is 12.1 Å². The van der Waals surface area contributed by atoms with E-state index in [9.17, 15) is 0 Å². The predicted molar refractivity (Wildman–Crippen MR) is 83.9 cm³/mol. The van der Waals surface area contributed by atoms with Crippen molar-refractivity contribution in [3.63, 3.8) is 0 Å². The molecule has 2 saturated heterocycles. The van der Waals surface area contributed by atoms with Gasteiger partial charge in [-0.15, -0.1) is 14.8 Å². The van der Waals surface area contributed by atoms with Crippen LogP contribution in [0.1, 0.15) is 38.5 Å². The van der Waals surface area contributed by atoms with Crippen molar-refractivity contribution in [3.8, 4) is 0 Å². The van der Waals surface area contributed by atoms with Gasteiger partial charge in [-0.25, -0.2) is 0 Å². The number of aromatic nitrogens is 5. The highest BCUT2D eigenvalue weighted by molar-refractivity contribution is 5.44. The molecule has 2 fully saturated rings. The molecular formula is C15H23N7. The Morgan fingerprint density at radius 1 is 0.955 bits per heavy atom. The van der Waals surface area contributed by atoms with E-state index in [1.54, 1.807) is 0 Å². The number of hydrogen-bond acceptors (Lipinski definition) is 6. The first-order valence-corrected chi connectivity index (χ1v) is 8.44. The van der Waals surface area contributed by atoms with Crippen molar-refractivity contribution in [2.24, 2.45) is 0 Å². The topological polar surface area (TPSA) is 62.5 Å². The lowest BCUT2D eigenvalue weighted by Gasteiger charge is -2.39. The summed E-state index contributed by atoms with van der Waals surface area (Å²) in [4.78, 5) is 5.09. The van der Waals surface area contributed by atoms with Gasteiger partial charge in [0.2, 0.25) is 0 Å². The number of hydrogen-bond donors (Lipinski definition) is 0. The standard InChI is InChI=1S/C15H23N7/c1-2-4-10-20(9-3-1)13-6-5-11-21(12-13)15-8-7-14-16-18-19-22(14)17-15/h7-8,13H,1-6,9-12H2/t13-/m0/s1. The Kier molecular flexibility index (Phi) is 3.88. The molecule has 0 spiro atoms. The molecule has 4 rings (SSSR count). The third-order valence-corrected chi connectivity index (χ3v) is 4.93. The number of rotatable bonds is 2. The molecule has 2 aromatic heterocycles. The van der Waals surface area contributed by atoms with Crippen molar-refractivity contribution >= 4 is 11.5 Å². The van der Waals surface area contributed by atoms with E-state index >= 15 is 0 Å². The van der Waals surface area contributed by atoms with E-state index in [4.69, 9.17) is 0 Å². The molecule has 2 aliphatic heterocycles. The van der Waals surface area contributed by atoms with E-state index in [-0.39, 0.29) is 0 Å². The predicted octanol–water partition coefficient (Wildman–Crippen LogP) is 1.36. The quantitative estimate of drug-likeness (QED) is 0.835. The zero-order valence-corrected chi connectivity index (χ0v) is 12.9. The van der Waals surface area contributed by atoms with Crippen LogP contribution in [0, 0.1) is 0 Å². The van der Waals surface area contributed by atoms with Gasteiger partial charge >= 0.3 is 0 Å². The van der Waals surface area contributed by atoms with E-state index in [0.717, 1.165) is 18.9 Å². The maximum atomic E-state index is 4.54. The second-order valence-corrected chi connectivity index (χ2v) is 6.41. The van der Waals surface area contributed by atoms with Crippen LogP contribution in [-0.4, -0.2) is 62.4 Å². The minimum atomic E-state index is 0.665. The van der Waals surface area contributed by atoms with Crippen LogP contribution >= 0.6 is 0 Å². The zero-order valence-electron chi connectivity index (χ0n) is 12.9. The lowest BCUT2D eigenvalue weighted by atomic mass is 10.0. The summed E-state index contributed by atoms with van der Waals surface area (Å²) in [6, 6.07) is 4.65. The van der Waals surface area contributed by atoms with Crippen LogP contribution in [0.5, 0.6) is 0 Å². The highest BCUT2D eigenvalue weighted by Gasteiger charge is 2.26. The molecule has 2 aliphatic rings. The van der Waals surface area contributed by atoms with Gasteiger partial charge in [-0.2, -0.15) is 0 Å². The molecule has 7 heteroatoms. The molecule has 4 heterocycles. The lowest BCUT2D eigenvalue weighted by molar-refractivity contribution is 0.181. The second kappa shape index (κ2) is 6.16. The Morgan fingerprint density at radius 3 is 2.68 bits per heavy atom. The van der Waals surface area contributed by atoms with Gasteiger partial charge in [0.1, 0.15) is 0 Å². The first-order valence-electron chi connectivity index (χ1n) is 8.44. The van der Waals surface area contributed by atoms with Gasteiger partial charge in [0.15, 0.2) is 11.5 Å². The lowest BCUT2D eigenvalue weighted by Crippen LogP contribution is -2.48. The number of likely N-dealkylation sites (tertiary alicyclic amines) is 1. The summed E-state index contributed by atoms with van der Waals surface area (Å²) in [5, 5.41) is 16.0. The highest BCUT2D eigenvalue weighted by atomic mass is 15.6. The Morgan fingerprint density at radius 2 is 1.82 bits per heavy atom. The number of nitrogens with zero attached hydrogens (tertiary/aromatic N) is 7. The third kappa shape index (κ3) is 2.77. The molecule has 0 unspecified atom stereocenters. The summed E-state index contributed by atoms with van der Waals surface area (Å²) in [6.07, 6.45) is 8.03. The van der Waals surface area contributed by atoms with E-state index in [1.807, 2.05) is 12.1 Å². The minimum Gasteiger partial charge on any atom is -0.354 e. The number of anilines is 1. The summed E-state index contributed by atoms with van der Waals surface area (Å²) >= 11 is 0. The molecule has 0 aromatic carbocycles. The van der Waals surface area contributed by atoms with Crippen molar-refractivity contribution in [2.45, 2.75) is 44.6 Å². The Bertz CT molecular complexity index is 617. The first-order chi connectivity index (χ1) is 10.9. The number of tetrazole rings is 1. The van der Waals surface area contributed by atoms with Crippen LogP contribution < -0.4 is 4.90 Å². The van der Waals surface area contributed by atoms with Gasteiger partial charge in [-0.05, 0) is 61.3 Å². The smallest absolute Gasteiger partial charge is 0.200 e. The summed E-state index contributed by atoms with van der Waals surface area (Å²) in [5.41, 5.74) is 0.699. The van der Waals surface area contributed by atoms with Crippen LogP contribution in [-0.2, 0) is 0 Å². The number of piperidine rings is 1.